The van der Waals surface area contributed by atoms with Crippen LogP contribution in [0.2, 0.25) is 0 Å². The Bertz CT molecular complexity index is 301. The van der Waals surface area contributed by atoms with E-state index in [1.807, 2.05) is 10.9 Å². The molecule has 0 unspecified atom stereocenters. The first-order chi connectivity index (χ1) is 7.31. The van der Waals surface area contributed by atoms with Crippen molar-refractivity contribution >= 4 is 5.82 Å². The number of anilines is 1. The molecule has 15 heavy (non-hydrogen) atoms. The van der Waals surface area contributed by atoms with Gasteiger partial charge in [0.15, 0.2) is 0 Å². The van der Waals surface area contributed by atoms with Crippen LogP contribution < -0.4 is 10.6 Å². The number of piperidine rings is 1. The van der Waals surface area contributed by atoms with Crippen LogP contribution in [0.5, 0.6) is 0 Å². The van der Waals surface area contributed by atoms with Crippen molar-refractivity contribution in [1.82, 2.24) is 15.0 Å². The van der Waals surface area contributed by atoms with Gasteiger partial charge in [0.2, 0.25) is 0 Å². The normalized spacial score (nSPS) is 18.4. The Balaban J connectivity index is 2.05. The second-order valence-electron chi connectivity index (χ2n) is 4.14. The van der Waals surface area contributed by atoms with Crippen molar-refractivity contribution in [2.24, 2.45) is 5.73 Å². The van der Waals surface area contributed by atoms with Gasteiger partial charge in [-0.25, -0.2) is 4.68 Å². The Morgan fingerprint density at radius 2 is 2.20 bits per heavy atom. The zero-order chi connectivity index (χ0) is 10.7. The molecule has 0 spiro atoms. The molecule has 0 aliphatic carbocycles. The van der Waals surface area contributed by atoms with Gasteiger partial charge in [-0.15, -0.1) is 5.10 Å². The standard InChI is InChI=1S/C10H19N5/c1-2-5-15-10(8-12-13-15)14-6-3-9(11)4-7-14/h8-9H,2-7,11H2,1H3. The maximum absolute atomic E-state index is 5.88. The fraction of sp³-hybridized carbons (Fsp3) is 0.800. The van der Waals surface area contributed by atoms with E-state index < -0.39 is 0 Å². The molecule has 2 N–H and O–H groups in total. The minimum atomic E-state index is 0.372. The monoisotopic (exact) mass is 209 g/mol. The second kappa shape index (κ2) is 4.61. The van der Waals surface area contributed by atoms with Gasteiger partial charge in [-0.05, 0) is 19.3 Å². The number of hydrogen-bond donors (Lipinski definition) is 1. The second-order valence-corrected chi connectivity index (χ2v) is 4.14. The summed E-state index contributed by atoms with van der Waals surface area (Å²) in [7, 11) is 0. The van der Waals surface area contributed by atoms with Gasteiger partial charge in [0.05, 0.1) is 6.20 Å². The molecule has 1 aliphatic heterocycles. The molecule has 0 bridgehead atoms. The largest absolute Gasteiger partial charge is 0.355 e. The van der Waals surface area contributed by atoms with Crippen LogP contribution in [0.1, 0.15) is 26.2 Å². The highest BCUT2D eigenvalue weighted by Gasteiger charge is 2.19. The number of rotatable bonds is 3. The van der Waals surface area contributed by atoms with Crippen LogP contribution >= 0.6 is 0 Å². The number of hydrogen-bond acceptors (Lipinski definition) is 4. The lowest BCUT2D eigenvalue weighted by Crippen LogP contribution is -2.40. The number of aromatic nitrogens is 3. The predicted octanol–water partition coefficient (Wildman–Crippen LogP) is 0.616. The zero-order valence-electron chi connectivity index (χ0n) is 9.26. The van der Waals surface area contributed by atoms with E-state index in [2.05, 4.69) is 22.1 Å². The molecule has 2 rings (SSSR count). The highest BCUT2D eigenvalue weighted by molar-refractivity contribution is 5.36. The summed E-state index contributed by atoms with van der Waals surface area (Å²) in [6.45, 7) is 5.14. The van der Waals surface area contributed by atoms with Gasteiger partial charge in [-0.1, -0.05) is 12.1 Å². The Hall–Kier alpha value is -1.10. The maximum atomic E-state index is 5.88. The van der Waals surface area contributed by atoms with Crippen LogP contribution in [0.25, 0.3) is 0 Å². The van der Waals surface area contributed by atoms with E-state index in [4.69, 9.17) is 5.73 Å². The van der Waals surface area contributed by atoms with Crippen LogP contribution in [0.4, 0.5) is 5.82 Å². The maximum Gasteiger partial charge on any atom is 0.147 e. The van der Waals surface area contributed by atoms with Gasteiger partial charge in [0.25, 0.3) is 0 Å². The quantitative estimate of drug-likeness (QED) is 0.792. The molecule has 0 radical (unpaired) electrons. The van der Waals surface area contributed by atoms with Crippen LogP contribution in [0.3, 0.4) is 0 Å². The fourth-order valence-corrected chi connectivity index (χ4v) is 2.00. The lowest BCUT2D eigenvalue weighted by atomic mass is 10.1. The first-order valence-corrected chi connectivity index (χ1v) is 5.70. The molecule has 1 aromatic heterocycles. The fourth-order valence-electron chi connectivity index (χ4n) is 2.00. The van der Waals surface area contributed by atoms with Crippen LogP contribution in [0, 0.1) is 0 Å². The number of aryl methyl sites for hydroxylation is 1. The smallest absolute Gasteiger partial charge is 0.147 e. The van der Waals surface area contributed by atoms with E-state index in [9.17, 15) is 0 Å². The van der Waals surface area contributed by atoms with Crippen molar-refractivity contribution in [1.29, 1.82) is 0 Å². The van der Waals surface area contributed by atoms with Crippen molar-refractivity contribution in [2.75, 3.05) is 18.0 Å². The molecule has 5 nitrogen and oxygen atoms in total. The average molecular weight is 209 g/mol. The molecule has 1 aliphatic rings. The van der Waals surface area contributed by atoms with E-state index in [0.29, 0.717) is 6.04 Å². The molecule has 0 saturated carbocycles. The van der Waals surface area contributed by atoms with Crippen molar-refractivity contribution in [3.8, 4) is 0 Å². The van der Waals surface area contributed by atoms with Crippen LogP contribution in [-0.4, -0.2) is 34.1 Å². The van der Waals surface area contributed by atoms with Gasteiger partial charge >= 0.3 is 0 Å². The van der Waals surface area contributed by atoms with E-state index in [0.717, 1.165) is 44.7 Å². The van der Waals surface area contributed by atoms with E-state index in [1.54, 1.807) is 0 Å². The molecule has 1 saturated heterocycles. The SMILES string of the molecule is CCCn1nncc1N1CCC(N)CC1. The van der Waals surface area contributed by atoms with Gasteiger partial charge in [0.1, 0.15) is 5.82 Å². The lowest BCUT2D eigenvalue weighted by molar-refractivity contribution is 0.484. The summed E-state index contributed by atoms with van der Waals surface area (Å²) in [5.74, 6) is 1.14. The third-order valence-electron chi connectivity index (χ3n) is 2.90. The van der Waals surface area contributed by atoms with Crippen molar-refractivity contribution in [2.45, 2.75) is 38.8 Å². The van der Waals surface area contributed by atoms with Gasteiger partial charge < -0.3 is 10.6 Å². The summed E-state index contributed by atoms with van der Waals surface area (Å²) in [5, 5.41) is 8.07. The molecule has 84 valence electrons. The minimum Gasteiger partial charge on any atom is -0.355 e. The topological polar surface area (TPSA) is 60.0 Å². The molecule has 0 aromatic carbocycles. The van der Waals surface area contributed by atoms with Gasteiger partial charge in [0, 0.05) is 25.7 Å². The van der Waals surface area contributed by atoms with Crippen LogP contribution in [0.15, 0.2) is 6.20 Å². The summed E-state index contributed by atoms with van der Waals surface area (Å²) in [6, 6.07) is 0.372. The summed E-state index contributed by atoms with van der Waals surface area (Å²) in [4.78, 5) is 2.33. The van der Waals surface area contributed by atoms with Crippen molar-refractivity contribution in [3.63, 3.8) is 0 Å². The third-order valence-corrected chi connectivity index (χ3v) is 2.90. The first-order valence-electron chi connectivity index (χ1n) is 5.70. The minimum absolute atomic E-state index is 0.372. The van der Waals surface area contributed by atoms with Crippen molar-refractivity contribution < 1.29 is 0 Å². The molecule has 0 amide bonds. The van der Waals surface area contributed by atoms with E-state index in [-0.39, 0.29) is 0 Å². The summed E-state index contributed by atoms with van der Waals surface area (Å²) in [6.07, 6.45) is 5.07. The average Bonchev–Trinajstić information content (AvgIpc) is 2.68. The van der Waals surface area contributed by atoms with Crippen molar-refractivity contribution in [3.05, 3.63) is 6.20 Å². The molecule has 5 heteroatoms. The Labute approximate surface area is 90.2 Å². The summed E-state index contributed by atoms with van der Waals surface area (Å²) in [5.41, 5.74) is 5.88. The number of nitrogens with zero attached hydrogens (tertiary/aromatic N) is 4. The van der Waals surface area contributed by atoms with E-state index in [1.165, 1.54) is 0 Å². The highest BCUT2D eigenvalue weighted by atomic mass is 15.5. The summed E-state index contributed by atoms with van der Waals surface area (Å²) >= 11 is 0. The Morgan fingerprint density at radius 3 is 2.87 bits per heavy atom. The zero-order valence-corrected chi connectivity index (χ0v) is 9.26. The third kappa shape index (κ3) is 2.28. The van der Waals surface area contributed by atoms with Gasteiger partial charge in [-0.3, -0.25) is 0 Å². The number of nitrogens with two attached hydrogens (primary N) is 1. The van der Waals surface area contributed by atoms with Crippen LogP contribution in [-0.2, 0) is 6.54 Å². The molecule has 1 aromatic rings. The van der Waals surface area contributed by atoms with Gasteiger partial charge in [-0.2, -0.15) is 0 Å². The summed E-state index contributed by atoms with van der Waals surface area (Å²) < 4.78 is 1.98. The highest BCUT2D eigenvalue weighted by Crippen LogP contribution is 2.18. The lowest BCUT2D eigenvalue weighted by Gasteiger charge is -2.31. The Morgan fingerprint density at radius 1 is 1.47 bits per heavy atom. The Kier molecular flexibility index (Phi) is 3.20. The molecule has 1 fully saturated rings. The molecular weight excluding hydrogens is 190 g/mol. The first kappa shape index (κ1) is 10.4. The predicted molar refractivity (Wildman–Crippen MR) is 59.7 cm³/mol. The molecule has 0 atom stereocenters. The molecule has 2 heterocycles. The van der Waals surface area contributed by atoms with E-state index >= 15 is 0 Å². The molecular formula is C10H19N5.